The average Bonchev–Trinajstić information content (AvgIpc) is 2.53. The summed E-state index contributed by atoms with van der Waals surface area (Å²) in [4.78, 5) is 22.6. The molecule has 0 heterocycles. The summed E-state index contributed by atoms with van der Waals surface area (Å²) in [6, 6.07) is 11.9. The molecule has 120 valence electrons. The minimum atomic E-state index is -0.513. The first-order chi connectivity index (χ1) is 11.0. The van der Waals surface area contributed by atoms with Crippen molar-refractivity contribution in [3.63, 3.8) is 0 Å². The lowest BCUT2D eigenvalue weighted by molar-refractivity contribution is -0.384. The Balaban J connectivity index is 2.09. The lowest BCUT2D eigenvalue weighted by Crippen LogP contribution is -2.23. The van der Waals surface area contributed by atoms with Gasteiger partial charge in [-0.25, -0.2) is 0 Å². The molecule has 7 heteroatoms. The third-order valence-electron chi connectivity index (χ3n) is 3.16. The number of benzene rings is 2. The average molecular weight is 426 g/mol. The van der Waals surface area contributed by atoms with Crippen molar-refractivity contribution < 1.29 is 14.5 Å². The zero-order valence-electron chi connectivity index (χ0n) is 12.4. The Hall–Kier alpha value is -2.00. The minimum Gasteiger partial charge on any atom is -0.380 e. The Morgan fingerprint density at radius 1 is 1.26 bits per heavy atom. The van der Waals surface area contributed by atoms with E-state index in [1.54, 1.807) is 13.2 Å². The number of nitrogens with one attached hydrogen (secondary N) is 1. The number of ether oxygens (including phenoxy) is 1. The Morgan fingerprint density at radius 3 is 2.70 bits per heavy atom. The van der Waals surface area contributed by atoms with Gasteiger partial charge in [0.25, 0.3) is 11.6 Å². The number of carbonyl (C=O) groups excluding carboxylic acids is 1. The number of nitrogens with zero attached hydrogens (tertiary/aromatic N) is 1. The van der Waals surface area contributed by atoms with E-state index in [0.29, 0.717) is 22.3 Å². The van der Waals surface area contributed by atoms with Crippen molar-refractivity contribution in [1.29, 1.82) is 0 Å². The number of methoxy groups -OCH3 is 1. The number of nitro benzene ring substituents is 1. The van der Waals surface area contributed by atoms with Crippen LogP contribution in [0, 0.1) is 13.7 Å². The fraction of sp³-hybridized carbons (Fsp3) is 0.188. The second-order valence-electron chi connectivity index (χ2n) is 4.86. The van der Waals surface area contributed by atoms with E-state index in [4.69, 9.17) is 4.74 Å². The van der Waals surface area contributed by atoms with Crippen molar-refractivity contribution in [2.75, 3.05) is 7.11 Å². The van der Waals surface area contributed by atoms with Crippen molar-refractivity contribution in [1.82, 2.24) is 5.32 Å². The molecule has 0 aromatic heterocycles. The topological polar surface area (TPSA) is 81.5 Å². The normalized spacial score (nSPS) is 10.3. The molecule has 0 saturated carbocycles. The molecule has 2 aromatic rings. The second kappa shape index (κ2) is 8.02. The molecule has 0 unspecified atom stereocenters. The molecule has 2 rings (SSSR count). The van der Waals surface area contributed by atoms with Crippen LogP contribution >= 0.6 is 22.6 Å². The molecule has 0 radical (unpaired) electrons. The van der Waals surface area contributed by atoms with Crippen molar-refractivity contribution in [2.24, 2.45) is 0 Å². The molecule has 0 fully saturated rings. The number of carbonyl (C=O) groups is 1. The zero-order valence-corrected chi connectivity index (χ0v) is 14.6. The number of halogens is 1. The summed E-state index contributed by atoms with van der Waals surface area (Å²) < 4.78 is 5.74. The number of hydrogen-bond acceptors (Lipinski definition) is 4. The van der Waals surface area contributed by atoms with Crippen molar-refractivity contribution >= 4 is 34.2 Å². The summed E-state index contributed by atoms with van der Waals surface area (Å²) >= 11 is 1.99. The number of nitro groups is 1. The van der Waals surface area contributed by atoms with Crippen LogP contribution in [0.2, 0.25) is 0 Å². The molecule has 0 saturated heterocycles. The molecule has 0 spiro atoms. The van der Waals surface area contributed by atoms with Gasteiger partial charge in [0.1, 0.15) is 0 Å². The SMILES string of the molecule is COCc1cccc(CNC(=O)c2cc([N+](=O)[O-])ccc2I)c1. The molecular weight excluding hydrogens is 411 g/mol. The smallest absolute Gasteiger partial charge is 0.270 e. The molecule has 0 bridgehead atoms. The predicted octanol–water partition coefficient (Wildman–Crippen LogP) is 3.28. The molecule has 0 aliphatic rings. The summed E-state index contributed by atoms with van der Waals surface area (Å²) in [6.45, 7) is 0.847. The van der Waals surface area contributed by atoms with Crippen LogP contribution in [0.25, 0.3) is 0 Å². The summed E-state index contributed by atoms with van der Waals surface area (Å²) in [5, 5.41) is 13.6. The summed E-state index contributed by atoms with van der Waals surface area (Å²) in [7, 11) is 1.62. The molecule has 2 aromatic carbocycles. The van der Waals surface area contributed by atoms with Crippen LogP contribution in [0.5, 0.6) is 0 Å². The molecular formula is C16H15IN2O4. The van der Waals surface area contributed by atoms with E-state index in [-0.39, 0.29) is 11.6 Å². The molecule has 23 heavy (non-hydrogen) atoms. The van der Waals surface area contributed by atoms with Crippen molar-refractivity contribution in [3.05, 3.63) is 72.8 Å². The first-order valence-corrected chi connectivity index (χ1v) is 7.88. The highest BCUT2D eigenvalue weighted by atomic mass is 127. The standard InChI is InChI=1S/C16H15IN2O4/c1-23-10-12-4-2-3-11(7-12)9-18-16(20)14-8-13(19(21)22)5-6-15(14)17/h2-8H,9-10H2,1H3,(H,18,20). The van der Waals surface area contributed by atoms with Gasteiger partial charge >= 0.3 is 0 Å². The number of rotatable bonds is 6. The summed E-state index contributed by atoms with van der Waals surface area (Å²) in [5.74, 6) is -0.338. The van der Waals surface area contributed by atoms with Gasteiger partial charge in [-0.15, -0.1) is 0 Å². The number of hydrogen-bond donors (Lipinski definition) is 1. The van der Waals surface area contributed by atoms with E-state index in [1.165, 1.54) is 12.1 Å². The predicted molar refractivity (Wildman–Crippen MR) is 94.1 cm³/mol. The van der Waals surface area contributed by atoms with Crippen LogP contribution in [0.4, 0.5) is 5.69 Å². The Morgan fingerprint density at radius 2 is 2.00 bits per heavy atom. The highest BCUT2D eigenvalue weighted by Crippen LogP contribution is 2.19. The summed E-state index contributed by atoms with van der Waals surface area (Å²) in [6.07, 6.45) is 0. The van der Waals surface area contributed by atoms with Crippen LogP contribution < -0.4 is 5.32 Å². The highest BCUT2D eigenvalue weighted by molar-refractivity contribution is 14.1. The fourth-order valence-electron chi connectivity index (χ4n) is 2.07. The van der Waals surface area contributed by atoms with Crippen LogP contribution in [-0.2, 0) is 17.9 Å². The van der Waals surface area contributed by atoms with Crippen molar-refractivity contribution in [3.8, 4) is 0 Å². The van der Waals surface area contributed by atoms with Gasteiger partial charge in [0.05, 0.1) is 17.1 Å². The van der Waals surface area contributed by atoms with Gasteiger partial charge in [-0.3, -0.25) is 14.9 Å². The van der Waals surface area contributed by atoms with E-state index >= 15 is 0 Å². The van der Waals surface area contributed by atoms with Gasteiger partial charge < -0.3 is 10.1 Å². The van der Waals surface area contributed by atoms with Gasteiger partial charge in [0.2, 0.25) is 0 Å². The van der Waals surface area contributed by atoms with E-state index in [9.17, 15) is 14.9 Å². The molecule has 0 aliphatic carbocycles. The van der Waals surface area contributed by atoms with Gasteiger partial charge in [-0.1, -0.05) is 24.3 Å². The maximum Gasteiger partial charge on any atom is 0.270 e. The van der Waals surface area contributed by atoms with Crippen LogP contribution in [-0.4, -0.2) is 17.9 Å². The molecule has 1 amide bonds. The Kier molecular flexibility index (Phi) is 6.05. The lowest BCUT2D eigenvalue weighted by Gasteiger charge is -2.08. The molecule has 1 N–H and O–H groups in total. The van der Waals surface area contributed by atoms with Gasteiger partial charge in [-0.05, 0) is 39.8 Å². The first-order valence-electron chi connectivity index (χ1n) is 6.80. The largest absolute Gasteiger partial charge is 0.380 e. The maximum atomic E-state index is 12.3. The Labute approximate surface area is 147 Å². The minimum absolute atomic E-state index is 0.0994. The third-order valence-corrected chi connectivity index (χ3v) is 4.10. The summed E-state index contributed by atoms with van der Waals surface area (Å²) in [5.41, 5.74) is 2.16. The van der Waals surface area contributed by atoms with E-state index in [1.807, 2.05) is 46.9 Å². The third kappa shape index (κ3) is 4.73. The number of amides is 1. The first kappa shape index (κ1) is 17.4. The van der Waals surface area contributed by atoms with Crippen LogP contribution in [0.15, 0.2) is 42.5 Å². The quantitative estimate of drug-likeness (QED) is 0.437. The van der Waals surface area contributed by atoms with E-state index < -0.39 is 4.92 Å². The molecule has 0 aliphatic heterocycles. The Bertz CT molecular complexity index is 734. The van der Waals surface area contributed by atoms with Crippen LogP contribution in [0.3, 0.4) is 0 Å². The highest BCUT2D eigenvalue weighted by Gasteiger charge is 2.15. The van der Waals surface area contributed by atoms with Crippen LogP contribution in [0.1, 0.15) is 21.5 Å². The lowest BCUT2D eigenvalue weighted by atomic mass is 10.1. The second-order valence-corrected chi connectivity index (χ2v) is 6.02. The van der Waals surface area contributed by atoms with Gasteiger partial charge in [0, 0.05) is 29.4 Å². The van der Waals surface area contributed by atoms with Gasteiger partial charge in [0.15, 0.2) is 0 Å². The fourth-order valence-corrected chi connectivity index (χ4v) is 2.65. The number of non-ortho nitro benzene ring substituents is 1. The van der Waals surface area contributed by atoms with E-state index in [2.05, 4.69) is 5.32 Å². The van der Waals surface area contributed by atoms with E-state index in [0.717, 1.165) is 11.1 Å². The monoisotopic (exact) mass is 426 g/mol. The zero-order chi connectivity index (χ0) is 16.8. The molecule has 0 atom stereocenters. The van der Waals surface area contributed by atoms with Crippen molar-refractivity contribution in [2.45, 2.75) is 13.2 Å². The van der Waals surface area contributed by atoms with Gasteiger partial charge in [-0.2, -0.15) is 0 Å². The molecule has 6 nitrogen and oxygen atoms in total. The maximum absolute atomic E-state index is 12.3.